The fraction of sp³-hybridized carbons (Fsp3) is 0.680. The predicted octanol–water partition coefficient (Wildman–Crippen LogP) is 0.252. The number of likely N-dealkylation sites (tertiary alicyclic amines) is 2. The third-order valence-corrected chi connectivity index (χ3v) is 7.44. The van der Waals surface area contributed by atoms with Crippen LogP contribution in [0, 0.1) is 0 Å². The van der Waals surface area contributed by atoms with Gasteiger partial charge in [0.25, 0.3) is 0 Å². The van der Waals surface area contributed by atoms with Crippen LogP contribution in [0.1, 0.15) is 31.2 Å². The van der Waals surface area contributed by atoms with Gasteiger partial charge in [0, 0.05) is 83.3 Å². The molecule has 4 rings (SSSR count). The molecule has 0 spiro atoms. The maximum Gasteiger partial charge on any atom is 0.236 e. The topological polar surface area (TPSA) is 92.0 Å². The minimum atomic E-state index is 0.232. The van der Waals surface area contributed by atoms with Crippen LogP contribution in [-0.2, 0) is 16.1 Å². The Kier molecular flexibility index (Phi) is 9.55. The first-order valence-corrected chi connectivity index (χ1v) is 12.9. The minimum absolute atomic E-state index is 0.232. The van der Waals surface area contributed by atoms with Crippen LogP contribution < -0.4 is 21.3 Å². The lowest BCUT2D eigenvalue weighted by Crippen LogP contribution is -2.53. The van der Waals surface area contributed by atoms with Gasteiger partial charge < -0.3 is 20.9 Å². The Hall–Kier alpha value is -2.20. The fourth-order valence-electron chi connectivity index (χ4n) is 5.38. The normalized spacial score (nSPS) is 21.4. The second kappa shape index (κ2) is 13.0. The first-order chi connectivity index (χ1) is 16.7. The van der Waals surface area contributed by atoms with Crippen LogP contribution in [0.5, 0.6) is 0 Å². The Morgan fingerprint density at radius 1 is 1.00 bits per heavy atom. The molecule has 4 N–H and O–H groups in total. The van der Waals surface area contributed by atoms with Gasteiger partial charge in [-0.2, -0.15) is 0 Å². The van der Waals surface area contributed by atoms with Crippen LogP contribution >= 0.6 is 0 Å². The average Bonchev–Trinajstić information content (AvgIpc) is 2.90. The summed E-state index contributed by atoms with van der Waals surface area (Å²) in [5.41, 5.74) is 2.20. The number of benzene rings is 1. The Balaban J connectivity index is 1.10. The highest BCUT2D eigenvalue weighted by molar-refractivity contribution is 5.78. The van der Waals surface area contributed by atoms with E-state index in [0.29, 0.717) is 25.2 Å². The number of piperazine rings is 1. The first kappa shape index (κ1) is 24.9. The molecule has 3 heterocycles. The number of nitrogens with one attached hydrogen (secondary N) is 4. The molecule has 3 aliphatic heterocycles. The molecule has 3 fully saturated rings. The molecule has 9 heteroatoms. The summed E-state index contributed by atoms with van der Waals surface area (Å²) in [5.74, 6) is 0.232. The van der Waals surface area contributed by atoms with Crippen LogP contribution in [0.15, 0.2) is 24.3 Å². The number of nitrogens with zero attached hydrogens (tertiary/aromatic N) is 3. The second-order valence-electron chi connectivity index (χ2n) is 9.68. The van der Waals surface area contributed by atoms with Crippen molar-refractivity contribution in [1.29, 1.82) is 0 Å². The molecule has 0 bridgehead atoms. The van der Waals surface area contributed by atoms with E-state index in [4.69, 9.17) is 0 Å². The molecule has 0 unspecified atom stereocenters. The standard InChI is InChI=1S/C25H41N7O2/c33-20-28-17-21-3-1-2-4-24(21)29-22-5-11-30(12-6-22)19-27-18-25(34)32-13-7-23(8-14-32)31-15-9-26-10-16-31/h1-4,20,22-23,26-27,29H,5-19H2,(H,28,33). The summed E-state index contributed by atoms with van der Waals surface area (Å²) >= 11 is 0. The highest BCUT2D eigenvalue weighted by Crippen LogP contribution is 2.20. The molecule has 0 aliphatic carbocycles. The highest BCUT2D eigenvalue weighted by atomic mass is 16.2. The second-order valence-corrected chi connectivity index (χ2v) is 9.68. The van der Waals surface area contributed by atoms with Gasteiger partial charge in [-0.1, -0.05) is 18.2 Å². The molecule has 2 amide bonds. The molecule has 9 nitrogen and oxygen atoms in total. The molecule has 3 saturated heterocycles. The molecule has 0 radical (unpaired) electrons. The summed E-state index contributed by atoms with van der Waals surface area (Å²) < 4.78 is 0. The van der Waals surface area contributed by atoms with E-state index in [1.54, 1.807) is 0 Å². The number of para-hydroxylation sites is 1. The molecule has 0 aromatic heterocycles. The van der Waals surface area contributed by atoms with Crippen LogP contribution in [0.4, 0.5) is 5.69 Å². The maximum atomic E-state index is 12.7. The van der Waals surface area contributed by atoms with E-state index in [1.807, 2.05) is 23.1 Å². The molecule has 1 aromatic carbocycles. The quantitative estimate of drug-likeness (QED) is 0.364. The number of piperidine rings is 2. The van der Waals surface area contributed by atoms with Gasteiger partial charge in [0.2, 0.25) is 12.3 Å². The van der Waals surface area contributed by atoms with E-state index < -0.39 is 0 Å². The molecular weight excluding hydrogens is 430 g/mol. The lowest BCUT2D eigenvalue weighted by molar-refractivity contribution is -0.132. The summed E-state index contributed by atoms with van der Waals surface area (Å²) in [6.45, 7) is 9.94. The smallest absolute Gasteiger partial charge is 0.236 e. The Morgan fingerprint density at radius 3 is 2.47 bits per heavy atom. The summed E-state index contributed by atoms with van der Waals surface area (Å²) in [4.78, 5) is 30.3. The van der Waals surface area contributed by atoms with Gasteiger partial charge in [0.1, 0.15) is 0 Å². The Labute approximate surface area is 203 Å². The van der Waals surface area contributed by atoms with Gasteiger partial charge in [-0.15, -0.1) is 0 Å². The zero-order valence-electron chi connectivity index (χ0n) is 20.3. The van der Waals surface area contributed by atoms with Crippen molar-refractivity contribution in [2.24, 2.45) is 0 Å². The van der Waals surface area contributed by atoms with Crippen LogP contribution in [-0.4, -0.2) is 105 Å². The molecule has 0 atom stereocenters. The number of rotatable bonds is 10. The van der Waals surface area contributed by atoms with Gasteiger partial charge in [-0.25, -0.2) is 0 Å². The molecule has 188 valence electrons. The summed E-state index contributed by atoms with van der Waals surface area (Å²) in [6.07, 6.45) is 5.05. The van der Waals surface area contributed by atoms with Gasteiger partial charge in [0.15, 0.2) is 0 Å². The van der Waals surface area contributed by atoms with E-state index in [9.17, 15) is 9.59 Å². The van der Waals surface area contributed by atoms with Crippen LogP contribution in [0.2, 0.25) is 0 Å². The average molecular weight is 472 g/mol. The van der Waals surface area contributed by atoms with Crippen molar-refractivity contribution in [3.8, 4) is 0 Å². The van der Waals surface area contributed by atoms with Crippen molar-refractivity contribution >= 4 is 18.0 Å². The summed E-state index contributed by atoms with van der Waals surface area (Å²) in [5, 5.41) is 13.2. The third-order valence-electron chi connectivity index (χ3n) is 7.44. The predicted molar refractivity (Wildman–Crippen MR) is 134 cm³/mol. The number of amides is 2. The van der Waals surface area contributed by atoms with Crippen LogP contribution in [0.25, 0.3) is 0 Å². The maximum absolute atomic E-state index is 12.7. The van der Waals surface area contributed by atoms with Crippen molar-refractivity contribution < 1.29 is 9.59 Å². The van der Waals surface area contributed by atoms with E-state index in [1.165, 1.54) is 0 Å². The van der Waals surface area contributed by atoms with E-state index in [2.05, 4.69) is 37.1 Å². The zero-order valence-corrected chi connectivity index (χ0v) is 20.3. The van der Waals surface area contributed by atoms with E-state index >= 15 is 0 Å². The minimum Gasteiger partial charge on any atom is -0.382 e. The van der Waals surface area contributed by atoms with Crippen molar-refractivity contribution in [2.45, 2.75) is 44.3 Å². The van der Waals surface area contributed by atoms with Crippen molar-refractivity contribution in [3.63, 3.8) is 0 Å². The third kappa shape index (κ3) is 7.15. The summed E-state index contributed by atoms with van der Waals surface area (Å²) in [7, 11) is 0. The zero-order chi connectivity index (χ0) is 23.6. The lowest BCUT2D eigenvalue weighted by Gasteiger charge is -2.40. The van der Waals surface area contributed by atoms with Gasteiger partial charge >= 0.3 is 0 Å². The highest BCUT2D eigenvalue weighted by Gasteiger charge is 2.27. The Bertz CT molecular complexity index is 770. The largest absolute Gasteiger partial charge is 0.382 e. The monoisotopic (exact) mass is 471 g/mol. The fourth-order valence-corrected chi connectivity index (χ4v) is 5.38. The summed E-state index contributed by atoms with van der Waals surface area (Å²) in [6, 6.07) is 9.21. The van der Waals surface area contributed by atoms with Crippen molar-refractivity contribution in [3.05, 3.63) is 29.8 Å². The molecule has 1 aromatic rings. The number of carbonyl (C=O) groups is 2. The van der Waals surface area contributed by atoms with Gasteiger partial charge in [-0.05, 0) is 37.3 Å². The number of anilines is 1. The van der Waals surface area contributed by atoms with Gasteiger partial charge in [0.05, 0.1) is 6.54 Å². The van der Waals surface area contributed by atoms with Crippen molar-refractivity contribution in [1.82, 2.24) is 30.7 Å². The van der Waals surface area contributed by atoms with E-state index in [0.717, 1.165) is 102 Å². The van der Waals surface area contributed by atoms with Crippen LogP contribution in [0.3, 0.4) is 0 Å². The molecular formula is C25H41N7O2. The Morgan fingerprint density at radius 2 is 1.74 bits per heavy atom. The van der Waals surface area contributed by atoms with Crippen molar-refractivity contribution in [2.75, 3.05) is 70.9 Å². The lowest BCUT2D eigenvalue weighted by atomic mass is 10.0. The molecule has 34 heavy (non-hydrogen) atoms. The molecule has 3 aliphatic rings. The number of hydrogen-bond acceptors (Lipinski definition) is 7. The number of hydrogen-bond donors (Lipinski definition) is 4. The number of carbonyl (C=O) groups excluding carboxylic acids is 2. The first-order valence-electron chi connectivity index (χ1n) is 12.9. The SMILES string of the molecule is O=CNCc1ccccc1NC1CCN(CNCC(=O)N2CCC(N3CCNCC3)CC2)CC1. The van der Waals surface area contributed by atoms with E-state index in [-0.39, 0.29) is 5.91 Å². The molecule has 0 saturated carbocycles. The van der Waals surface area contributed by atoms with Gasteiger partial charge in [-0.3, -0.25) is 24.7 Å².